The summed E-state index contributed by atoms with van der Waals surface area (Å²) in [6, 6.07) is 9.05. The van der Waals surface area contributed by atoms with E-state index in [-0.39, 0.29) is 11.1 Å². The van der Waals surface area contributed by atoms with Crippen LogP contribution >= 0.6 is 0 Å². The molecule has 2 fully saturated rings. The second-order valence-electron chi connectivity index (χ2n) is 9.82. The average Bonchev–Trinajstić information content (AvgIpc) is 2.79. The highest BCUT2D eigenvalue weighted by Gasteiger charge is 2.27. The summed E-state index contributed by atoms with van der Waals surface area (Å²) in [5.41, 5.74) is 1.75. The molecule has 5 nitrogen and oxygen atoms in total. The monoisotopic (exact) mass is 410 g/mol. The van der Waals surface area contributed by atoms with Gasteiger partial charge in [0.05, 0.1) is 11.2 Å². The molecule has 4 rings (SSSR count). The second kappa shape index (κ2) is 9.19. The Morgan fingerprint density at radius 2 is 1.70 bits per heavy atom. The van der Waals surface area contributed by atoms with E-state index in [0.29, 0.717) is 6.54 Å². The normalized spacial score (nSPS) is 20.1. The summed E-state index contributed by atoms with van der Waals surface area (Å²) >= 11 is 0. The molecule has 30 heavy (non-hydrogen) atoms. The van der Waals surface area contributed by atoms with Gasteiger partial charge in [-0.05, 0) is 64.3 Å². The fourth-order valence-corrected chi connectivity index (χ4v) is 5.16. The molecule has 0 radical (unpaired) electrons. The summed E-state index contributed by atoms with van der Waals surface area (Å²) in [6.07, 6.45) is 7.62. The van der Waals surface area contributed by atoms with Crippen LogP contribution in [0.1, 0.15) is 65.0 Å². The molecule has 0 spiro atoms. The van der Waals surface area contributed by atoms with E-state index < -0.39 is 0 Å². The lowest BCUT2D eigenvalue weighted by atomic mass is 9.84. The number of benzene rings is 1. The summed E-state index contributed by atoms with van der Waals surface area (Å²) < 4.78 is 1.89. The number of aromatic nitrogens is 2. The lowest BCUT2D eigenvalue weighted by Crippen LogP contribution is -2.47. The maximum absolute atomic E-state index is 13.0. The Morgan fingerprint density at radius 1 is 1.00 bits per heavy atom. The second-order valence-corrected chi connectivity index (χ2v) is 9.82. The Labute approximate surface area is 181 Å². The largest absolute Gasteiger partial charge is 0.348 e. The molecule has 0 aliphatic carbocycles. The first-order valence-electron chi connectivity index (χ1n) is 12.0. The van der Waals surface area contributed by atoms with Gasteiger partial charge in [0.15, 0.2) is 0 Å². The zero-order valence-corrected chi connectivity index (χ0v) is 19.1. The van der Waals surface area contributed by atoms with E-state index in [1.165, 1.54) is 45.2 Å². The van der Waals surface area contributed by atoms with Gasteiger partial charge in [0.1, 0.15) is 0 Å². The molecular weight excluding hydrogens is 372 g/mol. The van der Waals surface area contributed by atoms with Gasteiger partial charge >= 0.3 is 5.69 Å². The highest BCUT2D eigenvalue weighted by molar-refractivity contribution is 5.82. The fraction of sp³-hybridized carbons (Fsp3) is 0.680. The Morgan fingerprint density at radius 3 is 2.40 bits per heavy atom. The van der Waals surface area contributed by atoms with Crippen LogP contribution in [-0.4, -0.2) is 58.1 Å². The number of para-hydroxylation sites is 1. The van der Waals surface area contributed by atoms with Crippen LogP contribution in [0.25, 0.3) is 10.9 Å². The molecule has 2 aromatic rings. The first-order chi connectivity index (χ1) is 14.5. The number of hydrogen-bond donors (Lipinski definition) is 0. The molecular formula is C25H38N4O. The number of likely N-dealkylation sites (tertiary alicyclic amines) is 2. The first-order valence-corrected chi connectivity index (χ1v) is 12.0. The van der Waals surface area contributed by atoms with Gasteiger partial charge < -0.3 is 9.80 Å². The third-order valence-electron chi connectivity index (χ3n) is 7.52. The van der Waals surface area contributed by atoms with Crippen LogP contribution in [0, 0.1) is 0 Å². The average molecular weight is 411 g/mol. The van der Waals surface area contributed by atoms with Gasteiger partial charge in [-0.3, -0.25) is 4.57 Å². The number of fused-ring (bicyclic) bond motifs is 1. The Balaban J connectivity index is 1.45. The van der Waals surface area contributed by atoms with Crippen molar-refractivity contribution in [2.45, 2.75) is 77.3 Å². The molecule has 2 saturated heterocycles. The first kappa shape index (κ1) is 21.5. The van der Waals surface area contributed by atoms with E-state index >= 15 is 0 Å². The molecule has 0 saturated carbocycles. The summed E-state index contributed by atoms with van der Waals surface area (Å²) in [7, 11) is 0. The van der Waals surface area contributed by atoms with Crippen molar-refractivity contribution < 1.29 is 0 Å². The molecule has 5 heteroatoms. The molecule has 164 valence electrons. The number of nitrogens with zero attached hydrogens (tertiary/aromatic N) is 4. The van der Waals surface area contributed by atoms with Gasteiger partial charge in [-0.25, -0.2) is 4.79 Å². The van der Waals surface area contributed by atoms with Crippen LogP contribution in [0.2, 0.25) is 0 Å². The van der Waals surface area contributed by atoms with Gasteiger partial charge in [0.2, 0.25) is 0 Å². The Bertz CT molecular complexity index is 905. The fourth-order valence-electron chi connectivity index (χ4n) is 5.16. The van der Waals surface area contributed by atoms with Crippen LogP contribution in [-0.2, 0) is 12.0 Å². The summed E-state index contributed by atoms with van der Waals surface area (Å²) in [5.74, 6) is 0. The molecule has 2 aliphatic heterocycles. The zero-order valence-electron chi connectivity index (χ0n) is 19.1. The van der Waals surface area contributed by atoms with E-state index in [0.717, 1.165) is 48.7 Å². The molecule has 0 unspecified atom stereocenters. The number of hydrogen-bond acceptors (Lipinski definition) is 4. The number of rotatable bonds is 6. The maximum Gasteiger partial charge on any atom is 0.348 e. The van der Waals surface area contributed by atoms with Gasteiger partial charge in [-0.1, -0.05) is 45.4 Å². The standard InChI is InChI=1S/C25H38N4O/c1-4-25(2,3)23-21-10-6-7-11-22(21)29(24(30)26-23)19-18-27-16-12-20(13-17-27)28-14-8-5-9-15-28/h6-7,10-11,20H,4-5,8-9,12-19H2,1-3H3. The van der Waals surface area contributed by atoms with Crippen molar-refractivity contribution in [3.63, 3.8) is 0 Å². The van der Waals surface area contributed by atoms with E-state index in [1.54, 1.807) is 0 Å². The topological polar surface area (TPSA) is 41.4 Å². The maximum atomic E-state index is 13.0. The van der Waals surface area contributed by atoms with Gasteiger partial charge in [0.25, 0.3) is 0 Å². The van der Waals surface area contributed by atoms with Crippen molar-refractivity contribution in [1.82, 2.24) is 19.4 Å². The van der Waals surface area contributed by atoms with Crippen LogP contribution < -0.4 is 5.69 Å². The summed E-state index contributed by atoms with van der Waals surface area (Å²) in [4.78, 5) is 22.8. The lowest BCUT2D eigenvalue weighted by molar-refractivity contribution is 0.0911. The molecule has 1 aromatic carbocycles. The molecule has 0 bridgehead atoms. The van der Waals surface area contributed by atoms with Crippen molar-refractivity contribution >= 4 is 10.9 Å². The third-order valence-corrected chi connectivity index (χ3v) is 7.52. The Kier molecular flexibility index (Phi) is 6.59. The van der Waals surface area contributed by atoms with Crippen molar-refractivity contribution in [2.24, 2.45) is 0 Å². The highest BCUT2D eigenvalue weighted by atomic mass is 16.1. The van der Waals surface area contributed by atoms with Crippen molar-refractivity contribution in [1.29, 1.82) is 0 Å². The predicted molar refractivity (Wildman–Crippen MR) is 124 cm³/mol. The van der Waals surface area contributed by atoms with E-state index in [1.807, 2.05) is 10.6 Å². The van der Waals surface area contributed by atoms with Crippen molar-refractivity contribution in [3.8, 4) is 0 Å². The highest BCUT2D eigenvalue weighted by Crippen LogP contribution is 2.30. The van der Waals surface area contributed by atoms with Crippen LogP contribution in [0.5, 0.6) is 0 Å². The molecule has 0 atom stereocenters. The third kappa shape index (κ3) is 4.47. The molecule has 0 N–H and O–H groups in total. The van der Waals surface area contributed by atoms with Crippen LogP contribution in [0.4, 0.5) is 0 Å². The van der Waals surface area contributed by atoms with E-state index in [2.05, 4.69) is 53.8 Å². The minimum Gasteiger partial charge on any atom is -0.301 e. The van der Waals surface area contributed by atoms with Crippen LogP contribution in [0.15, 0.2) is 29.1 Å². The van der Waals surface area contributed by atoms with Crippen molar-refractivity contribution in [2.75, 3.05) is 32.7 Å². The predicted octanol–water partition coefficient (Wildman–Crippen LogP) is 4.03. The molecule has 2 aliphatic rings. The van der Waals surface area contributed by atoms with Gasteiger partial charge in [-0.2, -0.15) is 4.98 Å². The zero-order chi connectivity index (χ0) is 21.1. The quantitative estimate of drug-likeness (QED) is 0.721. The minimum atomic E-state index is -0.103. The minimum absolute atomic E-state index is 0.103. The van der Waals surface area contributed by atoms with Crippen LogP contribution in [0.3, 0.4) is 0 Å². The van der Waals surface area contributed by atoms with Crippen molar-refractivity contribution in [3.05, 3.63) is 40.4 Å². The SMILES string of the molecule is CCC(C)(C)c1nc(=O)n(CCN2CCC(N3CCCCC3)CC2)c2ccccc12. The van der Waals surface area contributed by atoms with E-state index in [9.17, 15) is 4.79 Å². The number of piperidine rings is 2. The van der Waals surface area contributed by atoms with Gasteiger partial charge in [0, 0.05) is 29.9 Å². The smallest absolute Gasteiger partial charge is 0.301 e. The Hall–Kier alpha value is -1.72. The molecule has 1 aromatic heterocycles. The summed E-state index contributed by atoms with van der Waals surface area (Å²) in [5, 5.41) is 1.12. The lowest BCUT2D eigenvalue weighted by Gasteiger charge is -2.40. The van der Waals surface area contributed by atoms with E-state index in [4.69, 9.17) is 0 Å². The van der Waals surface area contributed by atoms with Gasteiger partial charge in [-0.15, -0.1) is 0 Å². The molecule has 3 heterocycles. The molecule has 0 amide bonds. The summed E-state index contributed by atoms with van der Waals surface area (Å²) in [6.45, 7) is 13.0.